The van der Waals surface area contributed by atoms with Gasteiger partial charge in [0.1, 0.15) is 11.6 Å². The molecule has 0 bridgehead atoms. The molecule has 2 aromatic heterocycles. The van der Waals surface area contributed by atoms with Crippen LogP contribution in [-0.2, 0) is 10.0 Å². The number of sulfonamides is 1. The molecule has 0 aliphatic carbocycles. The first-order valence-corrected chi connectivity index (χ1v) is 11.0. The van der Waals surface area contributed by atoms with Gasteiger partial charge in [0.05, 0.1) is 17.7 Å². The Morgan fingerprint density at radius 2 is 1.77 bits per heavy atom. The fraction of sp³-hybridized carbons (Fsp3) is 0.350. The van der Waals surface area contributed by atoms with Crippen molar-refractivity contribution in [1.82, 2.24) is 24.7 Å². The van der Waals surface area contributed by atoms with Gasteiger partial charge in [0, 0.05) is 18.8 Å². The van der Waals surface area contributed by atoms with Crippen molar-refractivity contribution in [2.75, 3.05) is 25.5 Å². The van der Waals surface area contributed by atoms with Crippen molar-refractivity contribution < 1.29 is 13.2 Å². The highest BCUT2D eigenvalue weighted by Gasteiger charge is 2.18. The average molecular weight is 431 g/mol. The van der Waals surface area contributed by atoms with Crippen LogP contribution in [0.3, 0.4) is 0 Å². The van der Waals surface area contributed by atoms with E-state index in [0.717, 1.165) is 17.0 Å². The first-order valence-electron chi connectivity index (χ1n) is 9.47. The van der Waals surface area contributed by atoms with Gasteiger partial charge in [-0.1, -0.05) is 0 Å². The fourth-order valence-corrected chi connectivity index (χ4v) is 4.46. The summed E-state index contributed by atoms with van der Waals surface area (Å²) in [4.78, 5) is 0.245. The minimum absolute atomic E-state index is 0.202. The van der Waals surface area contributed by atoms with Crippen LogP contribution in [0, 0.1) is 27.7 Å². The summed E-state index contributed by atoms with van der Waals surface area (Å²) in [7, 11) is -2.07. The number of hydrogen-bond donors (Lipinski definition) is 2. The summed E-state index contributed by atoms with van der Waals surface area (Å²) in [6, 6.07) is 8.90. The van der Waals surface area contributed by atoms with Crippen LogP contribution in [0.5, 0.6) is 5.75 Å². The lowest BCUT2D eigenvalue weighted by molar-refractivity contribution is 0.411. The Balaban J connectivity index is 1.58. The van der Waals surface area contributed by atoms with Gasteiger partial charge in [0.15, 0.2) is 5.82 Å². The third kappa shape index (κ3) is 4.77. The zero-order chi connectivity index (χ0) is 21.9. The summed E-state index contributed by atoms with van der Waals surface area (Å²) in [5.74, 6) is 1.84. The molecule has 160 valence electrons. The number of aromatic nitrogens is 4. The van der Waals surface area contributed by atoms with Crippen LogP contribution in [0.1, 0.15) is 22.5 Å². The number of benzene rings is 1. The summed E-state index contributed by atoms with van der Waals surface area (Å²) in [6.07, 6.45) is 0. The lowest BCUT2D eigenvalue weighted by atomic mass is 10.1. The van der Waals surface area contributed by atoms with E-state index in [0.29, 0.717) is 29.5 Å². The van der Waals surface area contributed by atoms with Crippen LogP contribution in [0.15, 0.2) is 35.2 Å². The molecule has 10 heteroatoms. The van der Waals surface area contributed by atoms with Gasteiger partial charge in [-0.3, -0.25) is 0 Å². The number of nitrogens with zero attached hydrogens (tertiary/aromatic N) is 4. The molecule has 0 spiro atoms. The molecule has 2 heterocycles. The number of rotatable bonds is 8. The number of nitrogens with one attached hydrogen (secondary N) is 2. The number of hydrogen-bond acceptors (Lipinski definition) is 7. The Morgan fingerprint density at radius 3 is 2.37 bits per heavy atom. The monoisotopic (exact) mass is 430 g/mol. The van der Waals surface area contributed by atoms with E-state index in [1.54, 1.807) is 36.9 Å². The number of ether oxygens (including phenoxy) is 1. The van der Waals surface area contributed by atoms with Crippen molar-refractivity contribution in [2.45, 2.75) is 32.6 Å². The summed E-state index contributed by atoms with van der Waals surface area (Å²) in [6.45, 7) is 7.99. The van der Waals surface area contributed by atoms with Crippen molar-refractivity contribution >= 4 is 15.8 Å². The second-order valence-corrected chi connectivity index (χ2v) is 8.76. The van der Waals surface area contributed by atoms with E-state index < -0.39 is 10.0 Å². The molecule has 0 aliphatic heterocycles. The quantitative estimate of drug-likeness (QED) is 0.528. The highest BCUT2D eigenvalue weighted by Crippen LogP contribution is 2.25. The van der Waals surface area contributed by atoms with Crippen molar-refractivity contribution in [1.29, 1.82) is 0 Å². The third-order valence-electron chi connectivity index (χ3n) is 4.58. The number of methoxy groups -OCH3 is 1. The molecule has 2 N–H and O–H groups in total. The number of aryl methyl sites for hydroxylation is 4. The zero-order valence-corrected chi connectivity index (χ0v) is 18.5. The molecule has 1 aromatic carbocycles. The predicted octanol–water partition coefficient (Wildman–Crippen LogP) is 2.29. The molecule has 3 rings (SSSR count). The van der Waals surface area contributed by atoms with Crippen molar-refractivity contribution in [3.05, 3.63) is 52.8 Å². The molecule has 3 aromatic rings. The average Bonchev–Trinajstić information content (AvgIpc) is 3.05. The predicted molar refractivity (Wildman–Crippen MR) is 115 cm³/mol. The molecule has 0 saturated heterocycles. The first-order chi connectivity index (χ1) is 14.2. The Labute approximate surface area is 176 Å². The van der Waals surface area contributed by atoms with Crippen molar-refractivity contribution in [3.63, 3.8) is 0 Å². The summed E-state index contributed by atoms with van der Waals surface area (Å²) in [5, 5.41) is 15.7. The standard InChI is InChI=1S/C20H26N6O3S/c1-13-11-18(14(2)10-17(13)29-5)30(27,28)22-9-8-21-19-6-7-20(24-23-19)26-16(4)12-15(3)25-26/h6-7,10-12,22H,8-9H2,1-5H3,(H,21,23). The smallest absolute Gasteiger partial charge is 0.240 e. The van der Waals surface area contributed by atoms with E-state index in [-0.39, 0.29) is 11.4 Å². The highest BCUT2D eigenvalue weighted by atomic mass is 32.2. The SMILES string of the molecule is COc1cc(C)c(S(=O)(=O)NCCNc2ccc(-n3nc(C)cc3C)nn2)cc1C. The van der Waals surface area contributed by atoms with E-state index in [1.807, 2.05) is 32.9 Å². The van der Waals surface area contributed by atoms with Crippen LogP contribution in [0.25, 0.3) is 5.82 Å². The van der Waals surface area contributed by atoms with Gasteiger partial charge in [0.25, 0.3) is 0 Å². The maximum absolute atomic E-state index is 12.6. The minimum Gasteiger partial charge on any atom is -0.496 e. The van der Waals surface area contributed by atoms with Gasteiger partial charge in [-0.15, -0.1) is 10.2 Å². The molecule has 0 saturated carbocycles. The van der Waals surface area contributed by atoms with Crippen LogP contribution < -0.4 is 14.8 Å². The molecule has 0 fully saturated rings. The molecular formula is C20H26N6O3S. The van der Waals surface area contributed by atoms with Crippen LogP contribution in [0.4, 0.5) is 5.82 Å². The lowest BCUT2D eigenvalue weighted by Crippen LogP contribution is -2.29. The zero-order valence-electron chi connectivity index (χ0n) is 17.7. The molecule has 30 heavy (non-hydrogen) atoms. The fourth-order valence-electron chi connectivity index (χ4n) is 3.12. The summed E-state index contributed by atoms with van der Waals surface area (Å²) in [5.41, 5.74) is 3.27. The van der Waals surface area contributed by atoms with Crippen molar-refractivity contribution in [2.24, 2.45) is 0 Å². The Morgan fingerprint density at radius 1 is 1.00 bits per heavy atom. The molecule has 0 unspecified atom stereocenters. The van der Waals surface area contributed by atoms with Gasteiger partial charge in [-0.2, -0.15) is 5.10 Å². The molecule has 0 amide bonds. The maximum atomic E-state index is 12.6. The Kier molecular flexibility index (Phi) is 6.37. The first kappa shape index (κ1) is 21.7. The van der Waals surface area contributed by atoms with E-state index in [9.17, 15) is 8.42 Å². The van der Waals surface area contributed by atoms with Crippen LogP contribution in [0.2, 0.25) is 0 Å². The van der Waals surface area contributed by atoms with Gasteiger partial charge < -0.3 is 10.1 Å². The Bertz CT molecular complexity index is 1140. The van der Waals surface area contributed by atoms with Crippen molar-refractivity contribution in [3.8, 4) is 11.6 Å². The molecular weight excluding hydrogens is 404 g/mol. The van der Waals surface area contributed by atoms with E-state index in [4.69, 9.17) is 4.74 Å². The van der Waals surface area contributed by atoms with Gasteiger partial charge in [-0.25, -0.2) is 17.8 Å². The van der Waals surface area contributed by atoms with Gasteiger partial charge in [0.2, 0.25) is 10.0 Å². The second kappa shape index (κ2) is 8.80. The lowest BCUT2D eigenvalue weighted by Gasteiger charge is -2.13. The Hall–Kier alpha value is -2.98. The largest absolute Gasteiger partial charge is 0.496 e. The van der Waals surface area contributed by atoms with Crippen LogP contribution >= 0.6 is 0 Å². The van der Waals surface area contributed by atoms with Gasteiger partial charge >= 0.3 is 0 Å². The number of anilines is 1. The van der Waals surface area contributed by atoms with E-state index in [1.165, 1.54) is 0 Å². The third-order valence-corrected chi connectivity index (χ3v) is 6.19. The maximum Gasteiger partial charge on any atom is 0.240 e. The minimum atomic E-state index is -3.63. The molecule has 0 radical (unpaired) electrons. The van der Waals surface area contributed by atoms with Crippen LogP contribution in [-0.4, -0.2) is 48.6 Å². The molecule has 9 nitrogen and oxygen atoms in total. The highest BCUT2D eigenvalue weighted by molar-refractivity contribution is 7.89. The van der Waals surface area contributed by atoms with E-state index >= 15 is 0 Å². The summed E-state index contributed by atoms with van der Waals surface area (Å²) < 4.78 is 34.8. The second-order valence-electron chi connectivity index (χ2n) is 7.03. The normalized spacial score (nSPS) is 11.5. The van der Waals surface area contributed by atoms with E-state index in [2.05, 4.69) is 25.3 Å². The molecule has 0 aliphatic rings. The topological polar surface area (TPSA) is 111 Å². The van der Waals surface area contributed by atoms with Gasteiger partial charge in [-0.05, 0) is 69.2 Å². The molecule has 0 atom stereocenters. The summed E-state index contributed by atoms with van der Waals surface area (Å²) >= 11 is 0.